The van der Waals surface area contributed by atoms with E-state index >= 15 is 8.78 Å². The largest absolute Gasteiger partial charge is 0.480 e. The number of carbonyl (C=O) groups is 2. The van der Waals surface area contributed by atoms with Gasteiger partial charge >= 0.3 is 18.1 Å². The lowest BCUT2D eigenvalue weighted by Crippen LogP contribution is -2.57. The van der Waals surface area contributed by atoms with Crippen LogP contribution in [0, 0.1) is 28.5 Å². The lowest BCUT2D eigenvalue weighted by molar-refractivity contribution is -0.145. The Morgan fingerprint density at radius 1 is 0.957 bits per heavy atom. The monoisotopic (exact) mass is 984 g/mol. The number of fused-ring (bicyclic) bond motifs is 4. The fraction of sp³-hybridized carbons (Fsp3) is 0.604. The van der Waals surface area contributed by atoms with E-state index in [2.05, 4.69) is 62.8 Å². The molecule has 70 heavy (non-hydrogen) atoms. The molecule has 2 aromatic carbocycles. The highest BCUT2D eigenvalue weighted by Gasteiger charge is 2.47. The zero-order chi connectivity index (χ0) is 50.3. The third-order valence-electron chi connectivity index (χ3n) is 14.9. The Labute approximate surface area is 411 Å². The van der Waals surface area contributed by atoms with E-state index in [0.29, 0.717) is 64.0 Å². The summed E-state index contributed by atoms with van der Waals surface area (Å²) < 4.78 is 63.7. The molecule has 3 atom stereocenters. The number of carbonyl (C=O) groups excluding carboxylic acids is 1. The number of nitrogens with zero attached hydrogens (tertiary/aromatic N) is 6. The van der Waals surface area contributed by atoms with Gasteiger partial charge < -0.3 is 38.6 Å². The average molecular weight is 985 g/mol. The first-order chi connectivity index (χ1) is 33.2. The van der Waals surface area contributed by atoms with Crippen molar-refractivity contribution in [1.82, 2.24) is 24.8 Å². The number of amides is 1. The van der Waals surface area contributed by atoms with Crippen LogP contribution in [0.2, 0.25) is 16.6 Å². The number of rotatable bonds is 16. The number of carboxylic acid groups (broad SMARTS) is 1. The first-order valence-corrected chi connectivity index (χ1v) is 27.2. The van der Waals surface area contributed by atoms with Crippen molar-refractivity contribution in [2.75, 3.05) is 64.7 Å². The Kier molecular flexibility index (Phi) is 15.0. The molecule has 3 saturated heterocycles. The number of methoxy groups -OCH3 is 1. The van der Waals surface area contributed by atoms with Crippen molar-refractivity contribution in [3.05, 3.63) is 47.7 Å². The van der Waals surface area contributed by atoms with Crippen LogP contribution in [-0.4, -0.2) is 134 Å². The van der Waals surface area contributed by atoms with Crippen LogP contribution in [0.1, 0.15) is 106 Å². The summed E-state index contributed by atoms with van der Waals surface area (Å²) in [7, 11) is -0.829. The molecule has 2 aromatic heterocycles. The second-order valence-electron chi connectivity index (χ2n) is 21.9. The van der Waals surface area contributed by atoms with Gasteiger partial charge in [0.05, 0.1) is 35.7 Å². The van der Waals surface area contributed by atoms with Crippen LogP contribution in [0.5, 0.6) is 11.8 Å². The van der Waals surface area contributed by atoms with Crippen molar-refractivity contribution in [2.45, 2.75) is 141 Å². The first-order valence-electron chi connectivity index (χ1n) is 24.9. The van der Waals surface area contributed by atoms with Crippen molar-refractivity contribution < 1.29 is 47.2 Å². The lowest BCUT2D eigenvalue weighted by atomic mass is 9.95. The number of piperidine rings is 1. The summed E-state index contributed by atoms with van der Waals surface area (Å²) in [5, 5.41) is 10.6. The van der Waals surface area contributed by atoms with E-state index in [9.17, 15) is 14.7 Å². The topological polar surface area (TPSA) is 149 Å². The third kappa shape index (κ3) is 10.7. The van der Waals surface area contributed by atoms with E-state index in [-0.39, 0.29) is 78.1 Å². The van der Waals surface area contributed by atoms with Gasteiger partial charge in [-0.1, -0.05) is 53.5 Å². The predicted molar refractivity (Wildman–Crippen MR) is 268 cm³/mol. The molecule has 14 nitrogen and oxygen atoms in total. The molecule has 1 N–H and O–H groups in total. The maximum Gasteiger partial charge on any atom is 0.410 e. The van der Waals surface area contributed by atoms with E-state index in [1.807, 2.05) is 25.7 Å². The van der Waals surface area contributed by atoms with Gasteiger partial charge in [0.25, 0.3) is 0 Å². The van der Waals surface area contributed by atoms with Crippen LogP contribution in [-0.2, 0) is 19.0 Å². The van der Waals surface area contributed by atoms with Gasteiger partial charge in [0.1, 0.15) is 48.9 Å². The molecule has 0 radical (unpaired) electrons. The van der Waals surface area contributed by atoms with Gasteiger partial charge in [0.15, 0.2) is 12.6 Å². The number of likely N-dealkylation sites (tertiary alicyclic amines) is 1. The molecule has 1 amide bonds. The van der Waals surface area contributed by atoms with Crippen molar-refractivity contribution in [2.24, 2.45) is 5.41 Å². The number of hydrogen-bond acceptors (Lipinski definition) is 12. The summed E-state index contributed by atoms with van der Waals surface area (Å²) in [6.45, 7) is 21.7. The summed E-state index contributed by atoms with van der Waals surface area (Å²) in [6, 6.07) is 6.15. The molecule has 5 heterocycles. The van der Waals surface area contributed by atoms with Gasteiger partial charge in [-0.2, -0.15) is 9.97 Å². The molecule has 17 heteroatoms. The van der Waals surface area contributed by atoms with Crippen molar-refractivity contribution in [3.63, 3.8) is 0 Å². The van der Waals surface area contributed by atoms with Gasteiger partial charge in [-0.3, -0.25) is 9.88 Å². The van der Waals surface area contributed by atoms with E-state index in [4.69, 9.17) is 38.6 Å². The smallest absolute Gasteiger partial charge is 0.410 e. The second-order valence-corrected chi connectivity index (χ2v) is 27.5. The van der Waals surface area contributed by atoms with Crippen LogP contribution in [0.4, 0.5) is 19.4 Å². The molecule has 1 aliphatic carbocycles. The van der Waals surface area contributed by atoms with Crippen molar-refractivity contribution >= 4 is 47.6 Å². The molecule has 2 bridgehead atoms. The Morgan fingerprint density at radius 3 is 2.29 bits per heavy atom. The minimum absolute atomic E-state index is 0.00467. The normalized spacial score (nSPS) is 20.4. The third-order valence-corrected chi connectivity index (χ3v) is 21.2. The highest BCUT2D eigenvalue weighted by atomic mass is 28.3. The molecular weight excluding hydrogens is 915 g/mol. The predicted octanol–water partition coefficient (Wildman–Crippen LogP) is 9.99. The number of carboxylic acids is 1. The highest BCUT2D eigenvalue weighted by Crippen LogP contribution is 2.48. The van der Waals surface area contributed by atoms with E-state index in [0.717, 1.165) is 51.6 Å². The van der Waals surface area contributed by atoms with Crippen LogP contribution < -0.4 is 14.4 Å². The number of piperazine rings is 1. The Hall–Kier alpha value is -5.15. The number of aliphatic carboxylic acids is 1. The molecule has 4 aromatic rings. The minimum Gasteiger partial charge on any atom is -0.480 e. The number of halogens is 2. The fourth-order valence-corrected chi connectivity index (χ4v) is 16.6. The lowest BCUT2D eigenvalue weighted by Gasteiger charge is -2.42. The van der Waals surface area contributed by atoms with Crippen LogP contribution in [0.3, 0.4) is 0 Å². The molecule has 4 fully saturated rings. The fourth-order valence-electron chi connectivity index (χ4n) is 11.4. The minimum atomic E-state index is -2.34. The molecule has 378 valence electrons. The van der Waals surface area contributed by atoms with Gasteiger partial charge in [-0.05, 0) is 106 Å². The summed E-state index contributed by atoms with van der Waals surface area (Å²) in [6.07, 6.45) is 6.12. The van der Waals surface area contributed by atoms with Gasteiger partial charge in [0.2, 0.25) is 0 Å². The van der Waals surface area contributed by atoms with E-state index < -0.39 is 31.3 Å². The molecule has 1 saturated carbocycles. The zero-order valence-corrected chi connectivity index (χ0v) is 43.5. The Morgan fingerprint density at radius 2 is 1.66 bits per heavy atom. The zero-order valence-electron chi connectivity index (χ0n) is 42.5. The van der Waals surface area contributed by atoms with Gasteiger partial charge in [-0.15, -0.1) is 5.54 Å². The van der Waals surface area contributed by atoms with Crippen molar-refractivity contribution in [3.8, 4) is 34.5 Å². The summed E-state index contributed by atoms with van der Waals surface area (Å²) in [4.78, 5) is 45.6. The molecular formula is C53H70F2N6O8Si. The number of ether oxygens (including phenoxy) is 5. The van der Waals surface area contributed by atoms with E-state index in [1.165, 1.54) is 13.2 Å². The molecule has 8 rings (SSSR count). The molecule has 2 unspecified atom stereocenters. The SMILES string of the molecule is COCOc1cc(-c2ncc3c(N4CC5CCC(C4)N5C(=O)OC(C)(C)C)nc(OCC4(CN5CCC[C@H](OCC(=O)O)C5)CC4)nc3c2F)c2c(C#C[Si](C(C)C)(C(C)C)C(C)C)c(F)ccc2c1. The molecule has 0 spiro atoms. The summed E-state index contributed by atoms with van der Waals surface area (Å²) in [5.41, 5.74) is 4.08. The second kappa shape index (κ2) is 20.5. The number of anilines is 1. The van der Waals surface area contributed by atoms with Crippen LogP contribution in [0.25, 0.3) is 32.9 Å². The quantitative estimate of drug-likeness (QED) is 0.0646. The number of aromatic nitrogens is 3. The Bertz CT molecular complexity index is 2630. The maximum absolute atomic E-state index is 18.0. The van der Waals surface area contributed by atoms with E-state index in [1.54, 1.807) is 24.4 Å². The van der Waals surface area contributed by atoms with Gasteiger partial charge in [-0.25, -0.2) is 18.4 Å². The standard InChI is InChI=1S/C53H70F2N6O8Si/c1-32(2)70(33(3)4,34(5)6)21-17-40-43(54)16-13-35-22-39(68-31-65-10)23-41(45(35)40)47-46(55)48-42(24-56-47)49(60-25-36-14-15-37(26-60)61(36)51(64)69-52(7,8)9)58-50(57-48)67-30-53(18-19-53)29-59-20-11-12-38(27-59)66-28-44(62)63/h13,16,22-24,32-34,36-38H,11-12,14-15,18-20,25-31H2,1-10H3,(H,62,63)/t36?,37?,38-/m0/s1. The molecule has 4 aliphatic rings. The Balaban J connectivity index is 1.22. The first kappa shape index (κ1) is 51.2. The summed E-state index contributed by atoms with van der Waals surface area (Å²) in [5.74, 6) is 1.91. The molecule has 3 aliphatic heterocycles. The maximum atomic E-state index is 18.0. The number of benzene rings is 2. The number of pyridine rings is 1. The average Bonchev–Trinajstić information content (AvgIpc) is 4.01. The summed E-state index contributed by atoms with van der Waals surface area (Å²) >= 11 is 0. The van der Waals surface area contributed by atoms with Crippen LogP contribution in [0.15, 0.2) is 30.5 Å². The van der Waals surface area contributed by atoms with Crippen LogP contribution >= 0.6 is 0 Å². The van der Waals surface area contributed by atoms with Crippen molar-refractivity contribution in [1.29, 1.82) is 0 Å². The van der Waals surface area contributed by atoms with Gasteiger partial charge in [0, 0.05) is 55.9 Å². The highest BCUT2D eigenvalue weighted by molar-refractivity contribution is 6.90. The number of hydrogen-bond donors (Lipinski definition) is 1.